The number of nitrogens with one attached hydrogen (secondary N) is 1. The highest BCUT2D eigenvalue weighted by atomic mass is 16.2. The third-order valence-electron chi connectivity index (χ3n) is 5.34. The highest BCUT2D eigenvalue weighted by Crippen LogP contribution is 2.24. The second-order valence-corrected chi connectivity index (χ2v) is 8.04. The third kappa shape index (κ3) is 4.60. The van der Waals surface area contributed by atoms with Gasteiger partial charge in [-0.2, -0.15) is 0 Å². The predicted octanol–water partition coefficient (Wildman–Crippen LogP) is 3.82. The molecular formula is C23H29N3O2. The Kier molecular flexibility index (Phi) is 6.15. The zero-order valence-corrected chi connectivity index (χ0v) is 16.9. The number of aryl methyl sites for hydroxylation is 1. The smallest absolute Gasteiger partial charge is 0.255 e. The number of amides is 2. The van der Waals surface area contributed by atoms with Crippen molar-refractivity contribution in [2.75, 3.05) is 18.4 Å². The van der Waals surface area contributed by atoms with Gasteiger partial charge in [-0.1, -0.05) is 32.0 Å². The molecular weight excluding hydrogens is 350 g/mol. The van der Waals surface area contributed by atoms with E-state index in [1.807, 2.05) is 36.1 Å². The van der Waals surface area contributed by atoms with E-state index in [-0.39, 0.29) is 11.8 Å². The number of carbonyl (C=O) groups excluding carboxylic acids is 2. The van der Waals surface area contributed by atoms with Crippen LogP contribution in [0.3, 0.4) is 0 Å². The number of anilines is 1. The molecule has 2 atom stereocenters. The van der Waals surface area contributed by atoms with Crippen molar-refractivity contribution in [2.24, 2.45) is 17.6 Å². The molecule has 2 unspecified atom stereocenters. The predicted molar refractivity (Wildman–Crippen MR) is 112 cm³/mol. The summed E-state index contributed by atoms with van der Waals surface area (Å²) in [5.41, 5.74) is 9.34. The van der Waals surface area contributed by atoms with E-state index >= 15 is 0 Å². The first-order valence-corrected chi connectivity index (χ1v) is 9.87. The maximum atomic E-state index is 13.0. The number of benzene rings is 2. The molecule has 0 spiro atoms. The molecule has 0 saturated carbocycles. The lowest BCUT2D eigenvalue weighted by Gasteiger charge is -2.35. The van der Waals surface area contributed by atoms with Crippen molar-refractivity contribution >= 4 is 17.5 Å². The highest BCUT2D eigenvalue weighted by molar-refractivity contribution is 6.05. The standard InChI is InChI=1S/C23H29N3O2/c1-15-10-16(2)14-26(13-15)23(28)20-7-4-17(3)21(11-20)25-22(27)19-8-5-18(12-24)6-9-19/h4-9,11,15-16H,10,12-14,24H2,1-3H3,(H,25,27). The lowest BCUT2D eigenvalue weighted by Crippen LogP contribution is -2.42. The molecule has 1 fully saturated rings. The average molecular weight is 380 g/mol. The lowest BCUT2D eigenvalue weighted by molar-refractivity contribution is 0.0623. The molecule has 2 amide bonds. The number of hydrogen-bond acceptors (Lipinski definition) is 3. The van der Waals surface area contributed by atoms with Crippen molar-refractivity contribution < 1.29 is 9.59 Å². The monoisotopic (exact) mass is 379 g/mol. The van der Waals surface area contributed by atoms with Crippen LogP contribution in [-0.4, -0.2) is 29.8 Å². The van der Waals surface area contributed by atoms with E-state index in [0.717, 1.165) is 30.6 Å². The molecule has 3 N–H and O–H groups in total. The van der Waals surface area contributed by atoms with E-state index in [2.05, 4.69) is 19.2 Å². The quantitative estimate of drug-likeness (QED) is 0.848. The van der Waals surface area contributed by atoms with Gasteiger partial charge in [0.1, 0.15) is 0 Å². The minimum Gasteiger partial charge on any atom is -0.338 e. The van der Waals surface area contributed by atoms with Gasteiger partial charge in [0.15, 0.2) is 0 Å². The largest absolute Gasteiger partial charge is 0.338 e. The van der Waals surface area contributed by atoms with E-state index < -0.39 is 0 Å². The Morgan fingerprint density at radius 1 is 1.04 bits per heavy atom. The van der Waals surface area contributed by atoms with Crippen LogP contribution in [0, 0.1) is 18.8 Å². The van der Waals surface area contributed by atoms with E-state index in [1.54, 1.807) is 18.2 Å². The van der Waals surface area contributed by atoms with Crippen LogP contribution < -0.4 is 11.1 Å². The zero-order valence-electron chi connectivity index (χ0n) is 16.9. The number of rotatable bonds is 4. The fourth-order valence-electron chi connectivity index (χ4n) is 3.89. The van der Waals surface area contributed by atoms with E-state index in [9.17, 15) is 9.59 Å². The van der Waals surface area contributed by atoms with Crippen LogP contribution in [0.2, 0.25) is 0 Å². The average Bonchev–Trinajstić information content (AvgIpc) is 2.68. The Labute approximate surface area is 166 Å². The molecule has 148 valence electrons. The third-order valence-corrected chi connectivity index (χ3v) is 5.34. The molecule has 3 rings (SSSR count). The van der Waals surface area contributed by atoms with Gasteiger partial charge in [0.25, 0.3) is 11.8 Å². The van der Waals surface area contributed by atoms with Gasteiger partial charge >= 0.3 is 0 Å². The highest BCUT2D eigenvalue weighted by Gasteiger charge is 2.26. The summed E-state index contributed by atoms with van der Waals surface area (Å²) in [5.74, 6) is 0.848. The Morgan fingerprint density at radius 2 is 1.64 bits per heavy atom. The molecule has 2 aromatic rings. The molecule has 1 aliphatic rings. The molecule has 5 nitrogen and oxygen atoms in total. The number of piperidine rings is 1. The molecule has 2 aromatic carbocycles. The fraction of sp³-hybridized carbons (Fsp3) is 0.391. The molecule has 1 heterocycles. The van der Waals surface area contributed by atoms with Gasteiger partial charge in [-0.05, 0) is 60.6 Å². The van der Waals surface area contributed by atoms with Crippen LogP contribution in [-0.2, 0) is 6.54 Å². The number of hydrogen-bond donors (Lipinski definition) is 2. The molecule has 28 heavy (non-hydrogen) atoms. The summed E-state index contributed by atoms with van der Waals surface area (Å²) < 4.78 is 0. The van der Waals surface area contributed by atoms with Gasteiger partial charge in [0, 0.05) is 36.4 Å². The van der Waals surface area contributed by atoms with Crippen molar-refractivity contribution in [1.29, 1.82) is 0 Å². The second-order valence-electron chi connectivity index (χ2n) is 8.04. The zero-order chi connectivity index (χ0) is 20.3. The number of likely N-dealkylation sites (tertiary alicyclic amines) is 1. The minimum absolute atomic E-state index is 0.0289. The number of nitrogens with zero attached hydrogens (tertiary/aromatic N) is 1. The minimum atomic E-state index is -0.198. The molecule has 0 bridgehead atoms. The number of carbonyl (C=O) groups is 2. The lowest BCUT2D eigenvalue weighted by atomic mass is 9.91. The Hall–Kier alpha value is -2.66. The summed E-state index contributed by atoms with van der Waals surface area (Å²) in [7, 11) is 0. The first-order chi connectivity index (χ1) is 13.4. The summed E-state index contributed by atoms with van der Waals surface area (Å²) in [6, 6.07) is 12.7. The Bertz CT molecular complexity index is 851. The van der Waals surface area contributed by atoms with Crippen molar-refractivity contribution in [2.45, 2.75) is 33.7 Å². The first kappa shape index (κ1) is 20.1. The summed E-state index contributed by atoms with van der Waals surface area (Å²) in [6.45, 7) is 8.31. The molecule has 5 heteroatoms. The van der Waals surface area contributed by atoms with Crippen molar-refractivity contribution in [3.8, 4) is 0 Å². The Morgan fingerprint density at radius 3 is 2.25 bits per heavy atom. The first-order valence-electron chi connectivity index (χ1n) is 9.87. The second kappa shape index (κ2) is 8.57. The van der Waals surface area contributed by atoms with Crippen LogP contribution in [0.1, 0.15) is 52.1 Å². The SMILES string of the molecule is Cc1ccc(C(=O)N2CC(C)CC(C)C2)cc1NC(=O)c1ccc(CN)cc1. The van der Waals surface area contributed by atoms with Gasteiger partial charge < -0.3 is 16.0 Å². The molecule has 0 aliphatic carbocycles. The van der Waals surface area contributed by atoms with Crippen molar-refractivity contribution in [3.63, 3.8) is 0 Å². The van der Waals surface area contributed by atoms with Gasteiger partial charge in [-0.15, -0.1) is 0 Å². The normalized spacial score (nSPS) is 19.4. The van der Waals surface area contributed by atoms with E-state index in [1.165, 1.54) is 0 Å². The molecule has 1 aliphatic heterocycles. The van der Waals surface area contributed by atoms with Gasteiger partial charge in [-0.25, -0.2) is 0 Å². The Balaban J connectivity index is 1.77. The maximum absolute atomic E-state index is 13.0. The van der Waals surface area contributed by atoms with Crippen molar-refractivity contribution in [3.05, 3.63) is 64.7 Å². The van der Waals surface area contributed by atoms with Crippen molar-refractivity contribution in [1.82, 2.24) is 4.90 Å². The van der Waals surface area contributed by atoms with Crippen LogP contribution in [0.15, 0.2) is 42.5 Å². The van der Waals surface area contributed by atoms with Gasteiger partial charge in [-0.3, -0.25) is 9.59 Å². The van der Waals surface area contributed by atoms with Gasteiger partial charge in [0.05, 0.1) is 0 Å². The summed E-state index contributed by atoms with van der Waals surface area (Å²) in [5, 5.41) is 2.94. The molecule has 0 radical (unpaired) electrons. The van der Waals surface area contributed by atoms with Crippen LogP contribution in [0.25, 0.3) is 0 Å². The molecule has 0 aromatic heterocycles. The van der Waals surface area contributed by atoms with Crippen LogP contribution in [0.4, 0.5) is 5.69 Å². The fourth-order valence-corrected chi connectivity index (χ4v) is 3.89. The van der Waals surface area contributed by atoms with Crippen LogP contribution >= 0.6 is 0 Å². The van der Waals surface area contributed by atoms with E-state index in [4.69, 9.17) is 5.73 Å². The number of nitrogens with two attached hydrogens (primary N) is 1. The summed E-state index contributed by atoms with van der Waals surface area (Å²) in [6.07, 6.45) is 1.15. The summed E-state index contributed by atoms with van der Waals surface area (Å²) >= 11 is 0. The molecule has 1 saturated heterocycles. The topological polar surface area (TPSA) is 75.4 Å². The summed E-state index contributed by atoms with van der Waals surface area (Å²) in [4.78, 5) is 27.5. The van der Waals surface area contributed by atoms with Gasteiger partial charge in [0.2, 0.25) is 0 Å². The maximum Gasteiger partial charge on any atom is 0.255 e. The van der Waals surface area contributed by atoms with Crippen LogP contribution in [0.5, 0.6) is 0 Å². The van der Waals surface area contributed by atoms with E-state index in [0.29, 0.717) is 35.2 Å².